The number of nitrogens with one attached hydrogen (secondary N) is 2. The maximum Gasteiger partial charge on any atom is 0.326 e. The molecule has 9 heteroatoms. The minimum Gasteiger partial charge on any atom is -0.449 e. The lowest BCUT2D eigenvalue weighted by atomic mass is 10.2. The second kappa shape index (κ2) is 8.87. The Bertz CT molecular complexity index is 628. The number of halogens is 2. The van der Waals surface area contributed by atoms with Crippen molar-refractivity contribution in [1.29, 1.82) is 5.26 Å². The molecule has 0 aliphatic carbocycles. The molecule has 0 radical (unpaired) electrons. The molecular formula is C13H11Cl2N3O4. The topological polar surface area (TPSA) is 108 Å². The molecule has 0 aromatic heterocycles. The van der Waals surface area contributed by atoms with Crippen LogP contribution in [0.25, 0.3) is 0 Å². The minimum atomic E-state index is -0.748. The first-order chi connectivity index (χ1) is 10.4. The van der Waals surface area contributed by atoms with Crippen molar-refractivity contribution in [3.8, 4) is 6.07 Å². The normalized spacial score (nSPS) is 9.50. The number of carbonyl (C=O) groups excluding carboxylic acids is 3. The van der Waals surface area contributed by atoms with Gasteiger partial charge in [0.25, 0.3) is 5.91 Å². The lowest BCUT2D eigenvalue weighted by Gasteiger charge is -2.07. The van der Waals surface area contributed by atoms with Gasteiger partial charge in [-0.1, -0.05) is 23.2 Å². The van der Waals surface area contributed by atoms with E-state index in [0.717, 1.165) is 0 Å². The summed E-state index contributed by atoms with van der Waals surface area (Å²) in [6.45, 7) is -1.12. The highest BCUT2D eigenvalue weighted by Gasteiger charge is 2.12. The summed E-state index contributed by atoms with van der Waals surface area (Å²) in [5.74, 6) is -1.89. The van der Waals surface area contributed by atoms with Gasteiger partial charge >= 0.3 is 5.97 Å². The fourth-order valence-electron chi connectivity index (χ4n) is 1.33. The number of nitriles is 1. The highest BCUT2D eigenvalue weighted by molar-refractivity contribution is 6.36. The maximum absolute atomic E-state index is 11.8. The molecule has 1 aromatic carbocycles. The third kappa shape index (κ3) is 5.99. The Morgan fingerprint density at radius 1 is 1.18 bits per heavy atom. The van der Waals surface area contributed by atoms with Crippen molar-refractivity contribution < 1.29 is 19.1 Å². The molecule has 0 aliphatic rings. The van der Waals surface area contributed by atoms with Crippen molar-refractivity contribution in [2.75, 3.05) is 19.7 Å². The van der Waals surface area contributed by atoms with Crippen LogP contribution in [-0.4, -0.2) is 37.5 Å². The number of hydrogen-bond acceptors (Lipinski definition) is 5. The second-order valence-electron chi connectivity index (χ2n) is 3.90. The van der Waals surface area contributed by atoms with E-state index in [0.29, 0.717) is 5.02 Å². The Kier molecular flexibility index (Phi) is 7.16. The van der Waals surface area contributed by atoms with Crippen LogP contribution in [0.1, 0.15) is 10.4 Å². The van der Waals surface area contributed by atoms with E-state index < -0.39 is 24.3 Å². The number of benzene rings is 1. The van der Waals surface area contributed by atoms with Gasteiger partial charge in [-0.15, -0.1) is 0 Å². The number of ether oxygens (including phenoxy) is 1. The van der Waals surface area contributed by atoms with E-state index in [-0.39, 0.29) is 23.7 Å². The van der Waals surface area contributed by atoms with Gasteiger partial charge in [-0.3, -0.25) is 14.4 Å². The molecule has 0 heterocycles. The number of hydrogen-bond donors (Lipinski definition) is 2. The van der Waals surface area contributed by atoms with Crippen molar-refractivity contribution in [2.24, 2.45) is 0 Å². The highest BCUT2D eigenvalue weighted by Crippen LogP contribution is 2.20. The number of rotatable bonds is 6. The fourth-order valence-corrected chi connectivity index (χ4v) is 1.82. The maximum atomic E-state index is 11.8. The third-order valence-corrected chi connectivity index (χ3v) is 2.86. The molecule has 0 spiro atoms. The molecule has 0 unspecified atom stereocenters. The molecule has 0 saturated heterocycles. The van der Waals surface area contributed by atoms with Crippen LogP contribution < -0.4 is 10.6 Å². The van der Waals surface area contributed by atoms with Gasteiger partial charge in [0.05, 0.1) is 17.1 Å². The van der Waals surface area contributed by atoms with Crippen molar-refractivity contribution in [2.45, 2.75) is 0 Å². The lowest BCUT2D eigenvalue weighted by molar-refractivity contribution is -0.142. The molecule has 0 bridgehead atoms. The Balaban J connectivity index is 2.39. The standard InChI is InChI=1S/C13H11Cl2N3O4/c14-8-1-2-9(10(15)5-8)13(21)18-6-11(19)17-7-12(20)22-4-3-16/h1-2,5H,4,6-7H2,(H,17,19)(H,18,21). The zero-order chi connectivity index (χ0) is 16.5. The van der Waals surface area contributed by atoms with E-state index >= 15 is 0 Å². The Hall–Kier alpha value is -2.30. The highest BCUT2D eigenvalue weighted by atomic mass is 35.5. The van der Waals surface area contributed by atoms with Crippen LogP contribution in [0.4, 0.5) is 0 Å². The number of esters is 1. The van der Waals surface area contributed by atoms with E-state index in [1.807, 2.05) is 0 Å². The zero-order valence-corrected chi connectivity index (χ0v) is 12.7. The number of amides is 2. The SMILES string of the molecule is N#CCOC(=O)CNC(=O)CNC(=O)c1ccc(Cl)cc1Cl. The first kappa shape index (κ1) is 17.8. The van der Waals surface area contributed by atoms with Crippen LogP contribution in [0.15, 0.2) is 18.2 Å². The summed E-state index contributed by atoms with van der Waals surface area (Å²) in [7, 11) is 0. The van der Waals surface area contributed by atoms with Gasteiger partial charge in [-0.05, 0) is 18.2 Å². The Morgan fingerprint density at radius 3 is 2.55 bits per heavy atom. The van der Waals surface area contributed by atoms with Crippen LogP contribution in [0, 0.1) is 11.3 Å². The largest absolute Gasteiger partial charge is 0.449 e. The molecule has 0 atom stereocenters. The molecule has 2 amide bonds. The molecule has 0 saturated carbocycles. The molecule has 1 rings (SSSR count). The minimum absolute atomic E-state index is 0.158. The van der Waals surface area contributed by atoms with Crippen LogP contribution in [0.2, 0.25) is 10.0 Å². The molecule has 1 aromatic rings. The van der Waals surface area contributed by atoms with Gasteiger partial charge in [0.2, 0.25) is 5.91 Å². The first-order valence-corrected chi connectivity index (χ1v) is 6.72. The summed E-state index contributed by atoms with van der Waals surface area (Å²) in [6, 6.07) is 5.95. The summed E-state index contributed by atoms with van der Waals surface area (Å²) in [4.78, 5) is 34.3. The van der Waals surface area contributed by atoms with Gasteiger partial charge in [0, 0.05) is 5.02 Å². The van der Waals surface area contributed by atoms with Crippen molar-refractivity contribution in [1.82, 2.24) is 10.6 Å². The lowest BCUT2D eigenvalue weighted by Crippen LogP contribution is -2.39. The van der Waals surface area contributed by atoms with E-state index in [9.17, 15) is 14.4 Å². The van der Waals surface area contributed by atoms with E-state index in [1.54, 1.807) is 6.07 Å². The zero-order valence-electron chi connectivity index (χ0n) is 11.2. The predicted molar refractivity (Wildman–Crippen MR) is 78.4 cm³/mol. The summed E-state index contributed by atoms with van der Waals surface area (Å²) >= 11 is 11.6. The quantitative estimate of drug-likeness (QED) is 0.746. The van der Waals surface area contributed by atoms with Gasteiger partial charge in [0.1, 0.15) is 12.6 Å². The van der Waals surface area contributed by atoms with Gasteiger partial charge in [-0.2, -0.15) is 5.26 Å². The molecule has 7 nitrogen and oxygen atoms in total. The second-order valence-corrected chi connectivity index (χ2v) is 4.75. The Morgan fingerprint density at radius 2 is 1.91 bits per heavy atom. The van der Waals surface area contributed by atoms with E-state index in [1.165, 1.54) is 18.2 Å². The van der Waals surface area contributed by atoms with Crippen LogP contribution in [0.3, 0.4) is 0 Å². The van der Waals surface area contributed by atoms with Crippen molar-refractivity contribution in [3.63, 3.8) is 0 Å². The summed E-state index contributed by atoms with van der Waals surface area (Å²) in [6.07, 6.45) is 0. The average molecular weight is 344 g/mol. The van der Waals surface area contributed by atoms with E-state index in [4.69, 9.17) is 28.5 Å². The first-order valence-electron chi connectivity index (χ1n) is 5.96. The van der Waals surface area contributed by atoms with Crippen molar-refractivity contribution in [3.05, 3.63) is 33.8 Å². The molecular weight excluding hydrogens is 333 g/mol. The molecule has 22 heavy (non-hydrogen) atoms. The Labute approximate surface area is 136 Å². The third-order valence-electron chi connectivity index (χ3n) is 2.31. The molecule has 0 aliphatic heterocycles. The van der Waals surface area contributed by atoms with Gasteiger partial charge in [0.15, 0.2) is 6.61 Å². The summed E-state index contributed by atoms with van der Waals surface area (Å²) in [5, 5.41) is 13.3. The van der Waals surface area contributed by atoms with Crippen molar-refractivity contribution >= 4 is 41.0 Å². The summed E-state index contributed by atoms with van der Waals surface area (Å²) in [5.41, 5.74) is 0.173. The fraction of sp³-hybridized carbons (Fsp3) is 0.231. The average Bonchev–Trinajstić information content (AvgIpc) is 2.48. The number of nitrogens with zero attached hydrogens (tertiary/aromatic N) is 1. The van der Waals surface area contributed by atoms with Gasteiger partial charge < -0.3 is 15.4 Å². The molecule has 116 valence electrons. The molecule has 0 fully saturated rings. The number of carbonyl (C=O) groups is 3. The predicted octanol–water partition coefficient (Wildman–Crippen LogP) is 0.906. The van der Waals surface area contributed by atoms with Crippen LogP contribution in [0.5, 0.6) is 0 Å². The van der Waals surface area contributed by atoms with Crippen LogP contribution in [-0.2, 0) is 14.3 Å². The summed E-state index contributed by atoms with van der Waals surface area (Å²) < 4.78 is 4.43. The smallest absolute Gasteiger partial charge is 0.326 e. The monoisotopic (exact) mass is 343 g/mol. The van der Waals surface area contributed by atoms with Crippen LogP contribution >= 0.6 is 23.2 Å². The van der Waals surface area contributed by atoms with Gasteiger partial charge in [-0.25, -0.2) is 0 Å². The van der Waals surface area contributed by atoms with E-state index in [2.05, 4.69) is 15.4 Å². The molecule has 2 N–H and O–H groups in total.